The maximum absolute atomic E-state index is 12.7. The Balaban J connectivity index is 1.35. The molecule has 0 radical (unpaired) electrons. The number of benzene rings is 1. The lowest BCUT2D eigenvalue weighted by atomic mass is 9.88. The highest BCUT2D eigenvalue weighted by atomic mass is 31.2. The van der Waals surface area contributed by atoms with E-state index < -0.39 is 19.0 Å². The molecule has 2 heterocycles. The van der Waals surface area contributed by atoms with Crippen molar-refractivity contribution < 1.29 is 27.6 Å². The predicted molar refractivity (Wildman–Crippen MR) is 91.5 cm³/mol. The summed E-state index contributed by atoms with van der Waals surface area (Å²) in [7, 11) is -3.59. The van der Waals surface area contributed by atoms with Crippen LogP contribution in [-0.4, -0.2) is 32.2 Å². The molecule has 0 unspecified atom stereocenters. The monoisotopic (exact) mass is 368 g/mol. The van der Waals surface area contributed by atoms with E-state index in [0.717, 1.165) is 31.2 Å². The Labute approximate surface area is 148 Å². The maximum atomic E-state index is 12.7. The van der Waals surface area contributed by atoms with Crippen LogP contribution in [0.5, 0.6) is 5.75 Å². The number of hydrogen-bond donors (Lipinski definition) is 0. The van der Waals surface area contributed by atoms with Gasteiger partial charge in [-0.3, -0.25) is 9.05 Å². The smallest absolute Gasteiger partial charge is 0.404 e. The zero-order valence-electron chi connectivity index (χ0n) is 14.6. The number of aryl methyl sites for hydroxylation is 1. The molecule has 25 heavy (non-hydrogen) atoms. The van der Waals surface area contributed by atoms with Crippen molar-refractivity contribution in [2.24, 2.45) is 5.41 Å². The molecule has 0 aromatic heterocycles. The summed E-state index contributed by atoms with van der Waals surface area (Å²) in [5.41, 5.74) is 0.691. The zero-order valence-corrected chi connectivity index (χ0v) is 15.5. The van der Waals surface area contributed by atoms with Gasteiger partial charge in [0.25, 0.3) is 0 Å². The van der Waals surface area contributed by atoms with Crippen LogP contribution in [0.2, 0.25) is 0 Å². The van der Waals surface area contributed by atoms with E-state index in [1.54, 1.807) is 12.1 Å². The Hall–Kier alpha value is -0.910. The van der Waals surface area contributed by atoms with E-state index in [-0.39, 0.29) is 13.2 Å². The molecule has 4 rings (SSSR count). The van der Waals surface area contributed by atoms with Gasteiger partial charge in [-0.1, -0.05) is 24.1 Å². The molecule has 1 aromatic carbocycles. The summed E-state index contributed by atoms with van der Waals surface area (Å²) >= 11 is 0. The van der Waals surface area contributed by atoms with Gasteiger partial charge in [-0.15, -0.1) is 0 Å². The molecule has 3 fully saturated rings. The second-order valence-electron chi connectivity index (χ2n) is 7.45. The fourth-order valence-corrected chi connectivity index (χ4v) is 4.91. The quantitative estimate of drug-likeness (QED) is 0.728. The first-order valence-electron chi connectivity index (χ1n) is 8.94. The van der Waals surface area contributed by atoms with Crippen LogP contribution in [0.3, 0.4) is 0 Å². The van der Waals surface area contributed by atoms with Crippen molar-refractivity contribution in [3.63, 3.8) is 0 Å². The second-order valence-corrected chi connectivity index (χ2v) is 9.04. The van der Waals surface area contributed by atoms with Gasteiger partial charge in [-0.25, -0.2) is 4.57 Å². The van der Waals surface area contributed by atoms with Gasteiger partial charge in [-0.05, 0) is 31.9 Å². The van der Waals surface area contributed by atoms with Crippen LogP contribution < -0.4 is 4.52 Å². The number of ether oxygens (including phenoxy) is 2. The van der Waals surface area contributed by atoms with Gasteiger partial charge in [-0.2, -0.15) is 0 Å². The molecule has 0 N–H and O–H groups in total. The fraction of sp³-hybridized carbons (Fsp3) is 0.667. The lowest BCUT2D eigenvalue weighted by molar-refractivity contribution is -0.324. The molecular formula is C18H25O6P. The van der Waals surface area contributed by atoms with Gasteiger partial charge in [0.05, 0.1) is 31.8 Å². The van der Waals surface area contributed by atoms with Crippen LogP contribution in [0.4, 0.5) is 0 Å². The molecule has 0 atom stereocenters. The van der Waals surface area contributed by atoms with Crippen molar-refractivity contribution in [1.29, 1.82) is 0 Å². The number of phosphoric acid groups is 1. The number of rotatable bonds is 2. The van der Waals surface area contributed by atoms with E-state index in [1.165, 1.54) is 6.42 Å². The minimum absolute atomic E-state index is 0.242. The summed E-state index contributed by atoms with van der Waals surface area (Å²) in [6.45, 7) is 3.46. The third-order valence-electron chi connectivity index (χ3n) is 5.19. The summed E-state index contributed by atoms with van der Waals surface area (Å²) in [4.78, 5) is 0. The van der Waals surface area contributed by atoms with Crippen molar-refractivity contribution in [3.05, 3.63) is 29.8 Å². The third kappa shape index (κ3) is 3.79. The minimum atomic E-state index is -3.59. The maximum Gasteiger partial charge on any atom is 0.530 e. The van der Waals surface area contributed by atoms with Crippen LogP contribution in [0, 0.1) is 12.3 Å². The summed E-state index contributed by atoms with van der Waals surface area (Å²) in [6, 6.07) is 7.29. The average molecular weight is 368 g/mol. The normalized spacial score (nSPS) is 27.2. The largest absolute Gasteiger partial charge is 0.530 e. The molecule has 3 aliphatic rings. The number of phosphoric ester groups is 1. The highest BCUT2D eigenvalue weighted by molar-refractivity contribution is 7.49. The summed E-state index contributed by atoms with van der Waals surface area (Å²) < 4.78 is 41.3. The predicted octanol–water partition coefficient (Wildman–Crippen LogP) is 4.22. The van der Waals surface area contributed by atoms with Crippen LogP contribution >= 0.6 is 7.82 Å². The molecule has 2 saturated heterocycles. The Bertz CT molecular complexity index is 628. The Morgan fingerprint density at radius 1 is 0.920 bits per heavy atom. The summed E-state index contributed by atoms with van der Waals surface area (Å²) in [5, 5.41) is 0. The van der Waals surface area contributed by atoms with Crippen LogP contribution in [-0.2, 0) is 23.1 Å². The van der Waals surface area contributed by atoms with E-state index in [2.05, 4.69) is 0 Å². The van der Waals surface area contributed by atoms with Crippen LogP contribution in [0.15, 0.2) is 24.3 Å². The summed E-state index contributed by atoms with van der Waals surface area (Å²) in [5.74, 6) is 0.0467. The van der Waals surface area contributed by atoms with Gasteiger partial charge in [0, 0.05) is 12.8 Å². The third-order valence-corrected chi connectivity index (χ3v) is 6.52. The lowest BCUT2D eigenvalue weighted by Gasteiger charge is -2.48. The van der Waals surface area contributed by atoms with Gasteiger partial charge in [0.2, 0.25) is 0 Å². The van der Waals surface area contributed by atoms with Crippen LogP contribution in [0.1, 0.15) is 37.7 Å². The standard InChI is InChI=1S/C18H25O6P/c1-15-5-7-16(8-6-15)24-25(19)22-13-17(14-23-25)11-20-18(21-12-17)9-3-2-4-10-18/h5-8H,2-4,9-14H2,1H3. The molecule has 138 valence electrons. The van der Waals surface area contributed by atoms with Gasteiger partial charge < -0.3 is 14.0 Å². The molecule has 6 nitrogen and oxygen atoms in total. The first-order valence-corrected chi connectivity index (χ1v) is 10.4. The minimum Gasteiger partial charge on any atom is -0.404 e. The van der Waals surface area contributed by atoms with E-state index >= 15 is 0 Å². The summed E-state index contributed by atoms with van der Waals surface area (Å²) in [6.07, 6.45) is 5.41. The van der Waals surface area contributed by atoms with Crippen molar-refractivity contribution in [3.8, 4) is 5.75 Å². The van der Waals surface area contributed by atoms with Crippen molar-refractivity contribution in [2.45, 2.75) is 44.8 Å². The zero-order chi connectivity index (χ0) is 17.4. The average Bonchev–Trinajstić information content (AvgIpc) is 2.64. The van der Waals surface area contributed by atoms with Crippen molar-refractivity contribution in [2.75, 3.05) is 26.4 Å². The van der Waals surface area contributed by atoms with Crippen molar-refractivity contribution in [1.82, 2.24) is 0 Å². The van der Waals surface area contributed by atoms with E-state index in [0.29, 0.717) is 19.0 Å². The van der Waals surface area contributed by atoms with E-state index in [9.17, 15) is 4.57 Å². The van der Waals surface area contributed by atoms with Gasteiger partial charge >= 0.3 is 7.82 Å². The van der Waals surface area contributed by atoms with Gasteiger partial charge in [0.1, 0.15) is 5.75 Å². The molecule has 0 amide bonds. The molecule has 1 aromatic rings. The first kappa shape index (κ1) is 17.5. The van der Waals surface area contributed by atoms with Gasteiger partial charge in [0.15, 0.2) is 5.79 Å². The topological polar surface area (TPSA) is 63.2 Å². The van der Waals surface area contributed by atoms with E-state index in [4.69, 9.17) is 23.0 Å². The highest BCUT2D eigenvalue weighted by Gasteiger charge is 2.51. The second kappa shape index (κ2) is 6.67. The SMILES string of the molecule is Cc1ccc(OP2(=O)OCC3(COC4(CCCCC4)OC3)CO2)cc1. The Morgan fingerprint density at radius 3 is 2.12 bits per heavy atom. The fourth-order valence-electron chi connectivity index (χ4n) is 3.49. The molecule has 1 saturated carbocycles. The molecule has 2 spiro atoms. The molecule has 1 aliphatic carbocycles. The molecule has 7 heteroatoms. The lowest BCUT2D eigenvalue weighted by Crippen LogP contribution is -2.55. The van der Waals surface area contributed by atoms with Crippen molar-refractivity contribution >= 4 is 7.82 Å². The van der Waals surface area contributed by atoms with Crippen LogP contribution in [0.25, 0.3) is 0 Å². The highest BCUT2D eigenvalue weighted by Crippen LogP contribution is 2.55. The molecule has 0 bridgehead atoms. The number of hydrogen-bond acceptors (Lipinski definition) is 6. The Kier molecular flexibility index (Phi) is 4.67. The Morgan fingerprint density at radius 2 is 1.52 bits per heavy atom. The molecular weight excluding hydrogens is 343 g/mol. The first-order chi connectivity index (χ1) is 12.0. The molecule has 2 aliphatic heterocycles. The van der Waals surface area contributed by atoms with E-state index in [1.807, 2.05) is 19.1 Å².